The second-order valence-electron chi connectivity index (χ2n) is 6.59. The van der Waals surface area contributed by atoms with E-state index in [1.165, 1.54) is 0 Å². The molecule has 0 bridgehead atoms. The van der Waals surface area contributed by atoms with E-state index >= 15 is 0 Å². The van der Waals surface area contributed by atoms with Gasteiger partial charge in [-0.1, -0.05) is 23.2 Å². The highest BCUT2D eigenvalue weighted by Crippen LogP contribution is 2.40. The van der Waals surface area contributed by atoms with Gasteiger partial charge in [0.25, 0.3) is 0 Å². The Morgan fingerprint density at radius 3 is 2.50 bits per heavy atom. The minimum Gasteiger partial charge on any atom is -0.396 e. The van der Waals surface area contributed by atoms with E-state index in [0.717, 1.165) is 5.52 Å². The highest BCUT2D eigenvalue weighted by Gasteiger charge is 2.43. The summed E-state index contributed by atoms with van der Waals surface area (Å²) in [4.78, 5) is 4.56. The lowest BCUT2D eigenvalue weighted by atomic mass is 10.1. The fraction of sp³-hybridized carbons (Fsp3) is 0.562. The van der Waals surface area contributed by atoms with Crippen LogP contribution in [0.4, 0.5) is 5.95 Å². The van der Waals surface area contributed by atoms with Crippen molar-refractivity contribution in [3.8, 4) is 0 Å². The maximum Gasteiger partial charge on any atom is 0.204 e. The van der Waals surface area contributed by atoms with Crippen LogP contribution in [0.25, 0.3) is 11.0 Å². The minimum atomic E-state index is -0.998. The Labute approximate surface area is 150 Å². The van der Waals surface area contributed by atoms with Crippen molar-refractivity contribution in [3.05, 3.63) is 22.2 Å². The second-order valence-corrected chi connectivity index (χ2v) is 7.40. The lowest BCUT2D eigenvalue weighted by Crippen LogP contribution is -2.31. The molecular weight excluding hydrogens is 353 g/mol. The fourth-order valence-electron chi connectivity index (χ4n) is 3.32. The van der Waals surface area contributed by atoms with Crippen molar-refractivity contribution in [3.63, 3.8) is 0 Å². The van der Waals surface area contributed by atoms with Gasteiger partial charge in [0.15, 0.2) is 0 Å². The van der Waals surface area contributed by atoms with Gasteiger partial charge in [-0.2, -0.15) is 0 Å². The Bertz CT molecular complexity index is 750. The topological polar surface area (TPSA) is 90.5 Å². The summed E-state index contributed by atoms with van der Waals surface area (Å²) in [6.45, 7) is 3.79. The summed E-state index contributed by atoms with van der Waals surface area (Å²) >= 11 is 12.2. The lowest BCUT2D eigenvalue weighted by Gasteiger charge is -2.22. The predicted molar refractivity (Wildman–Crippen MR) is 94.8 cm³/mol. The first-order valence-corrected chi connectivity index (χ1v) is 8.69. The largest absolute Gasteiger partial charge is 0.396 e. The number of hydrogen-bond acceptors (Lipinski definition) is 5. The summed E-state index contributed by atoms with van der Waals surface area (Å²) in [5, 5.41) is 34.1. The van der Waals surface area contributed by atoms with Crippen molar-refractivity contribution in [2.75, 3.05) is 11.9 Å². The van der Waals surface area contributed by atoms with Gasteiger partial charge in [-0.15, -0.1) is 0 Å². The number of aliphatic hydroxyl groups is 3. The van der Waals surface area contributed by atoms with Crippen molar-refractivity contribution < 1.29 is 15.3 Å². The third-order valence-electron chi connectivity index (χ3n) is 4.49. The Morgan fingerprint density at radius 2 is 1.92 bits per heavy atom. The molecule has 132 valence electrons. The molecule has 0 radical (unpaired) electrons. The van der Waals surface area contributed by atoms with E-state index in [0.29, 0.717) is 27.9 Å². The summed E-state index contributed by atoms with van der Waals surface area (Å²) in [7, 11) is 0. The zero-order chi connectivity index (χ0) is 17.6. The third-order valence-corrected chi connectivity index (χ3v) is 5.21. The summed E-state index contributed by atoms with van der Waals surface area (Å²) in [5.41, 5.74) is 1.38. The van der Waals surface area contributed by atoms with Crippen LogP contribution in [0.3, 0.4) is 0 Å². The molecule has 0 aliphatic heterocycles. The number of nitrogens with one attached hydrogen (secondary N) is 1. The van der Waals surface area contributed by atoms with Crippen molar-refractivity contribution >= 4 is 40.2 Å². The monoisotopic (exact) mass is 373 g/mol. The number of anilines is 1. The molecule has 4 atom stereocenters. The maximum absolute atomic E-state index is 10.5. The molecule has 1 fully saturated rings. The highest BCUT2D eigenvalue weighted by molar-refractivity contribution is 6.42. The minimum absolute atomic E-state index is 0.128. The fourth-order valence-corrected chi connectivity index (χ4v) is 3.64. The van der Waals surface area contributed by atoms with Gasteiger partial charge in [-0.3, -0.25) is 0 Å². The van der Waals surface area contributed by atoms with Gasteiger partial charge in [-0.05, 0) is 32.4 Å². The Morgan fingerprint density at radius 1 is 1.25 bits per heavy atom. The Kier molecular flexibility index (Phi) is 4.95. The number of hydrogen-bond donors (Lipinski definition) is 4. The lowest BCUT2D eigenvalue weighted by molar-refractivity contribution is -0.00346. The zero-order valence-electron chi connectivity index (χ0n) is 13.4. The van der Waals surface area contributed by atoms with Gasteiger partial charge in [0.2, 0.25) is 5.95 Å². The normalized spacial score (nSPS) is 27.3. The SMILES string of the molecule is CC(C)Nc1nc2cc(Cl)c(Cl)cc2n1[C@H]1CC(CO)C(O)C1O. The van der Waals surface area contributed by atoms with Crippen LogP contribution < -0.4 is 5.32 Å². The van der Waals surface area contributed by atoms with E-state index in [9.17, 15) is 15.3 Å². The van der Waals surface area contributed by atoms with Gasteiger partial charge < -0.3 is 25.2 Å². The molecule has 0 spiro atoms. The van der Waals surface area contributed by atoms with E-state index in [-0.39, 0.29) is 18.6 Å². The first kappa shape index (κ1) is 17.8. The van der Waals surface area contributed by atoms with Gasteiger partial charge in [0.1, 0.15) is 6.10 Å². The predicted octanol–water partition coefficient (Wildman–Crippen LogP) is 2.44. The molecule has 0 amide bonds. The molecule has 1 saturated carbocycles. The number of halogens is 2. The van der Waals surface area contributed by atoms with Crippen LogP contribution in [0.2, 0.25) is 10.0 Å². The number of imidazole rings is 1. The first-order valence-electron chi connectivity index (χ1n) is 7.94. The average Bonchev–Trinajstić information content (AvgIpc) is 2.97. The molecule has 1 aliphatic carbocycles. The smallest absolute Gasteiger partial charge is 0.204 e. The van der Waals surface area contributed by atoms with Crippen molar-refractivity contribution in [1.29, 1.82) is 0 Å². The van der Waals surface area contributed by atoms with Gasteiger partial charge in [0, 0.05) is 18.6 Å². The quantitative estimate of drug-likeness (QED) is 0.660. The number of aromatic nitrogens is 2. The second kappa shape index (κ2) is 6.69. The van der Waals surface area contributed by atoms with E-state index in [1.807, 2.05) is 18.4 Å². The molecule has 8 heteroatoms. The molecule has 1 aromatic heterocycles. The van der Waals surface area contributed by atoms with Crippen molar-refractivity contribution in [2.24, 2.45) is 5.92 Å². The van der Waals surface area contributed by atoms with Crippen LogP contribution in [-0.2, 0) is 0 Å². The van der Waals surface area contributed by atoms with Crippen LogP contribution in [0.5, 0.6) is 0 Å². The van der Waals surface area contributed by atoms with E-state index in [1.54, 1.807) is 12.1 Å². The number of nitrogens with zero attached hydrogens (tertiary/aromatic N) is 2. The van der Waals surface area contributed by atoms with E-state index in [4.69, 9.17) is 23.2 Å². The van der Waals surface area contributed by atoms with Crippen molar-refractivity contribution in [1.82, 2.24) is 9.55 Å². The highest BCUT2D eigenvalue weighted by atomic mass is 35.5. The molecule has 4 N–H and O–H groups in total. The molecule has 3 unspecified atom stereocenters. The van der Waals surface area contributed by atoms with Crippen LogP contribution in [0, 0.1) is 5.92 Å². The van der Waals surface area contributed by atoms with Crippen molar-refractivity contribution in [2.45, 2.75) is 44.6 Å². The summed E-state index contributed by atoms with van der Waals surface area (Å²) < 4.78 is 1.85. The van der Waals surface area contributed by atoms with Crippen LogP contribution in [-0.4, -0.2) is 49.7 Å². The molecule has 1 heterocycles. The van der Waals surface area contributed by atoms with Crippen LogP contribution in [0.1, 0.15) is 26.3 Å². The van der Waals surface area contributed by atoms with Crippen LogP contribution in [0.15, 0.2) is 12.1 Å². The third kappa shape index (κ3) is 2.97. The number of benzene rings is 1. The summed E-state index contributed by atoms with van der Waals surface area (Å²) in [6.07, 6.45) is -1.54. The first-order chi connectivity index (χ1) is 11.3. The summed E-state index contributed by atoms with van der Waals surface area (Å²) in [6, 6.07) is 3.11. The molecular formula is C16H21Cl2N3O3. The van der Waals surface area contributed by atoms with Gasteiger partial charge in [-0.25, -0.2) is 4.98 Å². The molecule has 0 saturated heterocycles. The molecule has 2 aromatic rings. The van der Waals surface area contributed by atoms with E-state index < -0.39 is 18.2 Å². The molecule has 1 aromatic carbocycles. The average molecular weight is 374 g/mol. The standard InChI is InChI=1S/C16H21Cl2N3O3/c1-7(2)19-16-20-11-4-9(17)10(18)5-12(11)21(16)13-3-8(6-22)14(23)15(13)24/h4-5,7-8,13-15,22-24H,3,6H2,1-2H3,(H,19,20)/t8?,13-,14?,15?/m0/s1. The number of aliphatic hydroxyl groups excluding tert-OH is 3. The molecule has 6 nitrogen and oxygen atoms in total. The number of rotatable bonds is 4. The zero-order valence-corrected chi connectivity index (χ0v) is 15.0. The Balaban J connectivity index is 2.15. The Hall–Kier alpha value is -1.05. The molecule has 1 aliphatic rings. The van der Waals surface area contributed by atoms with Gasteiger partial charge in [0.05, 0.1) is 33.2 Å². The van der Waals surface area contributed by atoms with Gasteiger partial charge >= 0.3 is 0 Å². The van der Waals surface area contributed by atoms with Crippen LogP contribution >= 0.6 is 23.2 Å². The van der Waals surface area contributed by atoms with E-state index in [2.05, 4.69) is 10.3 Å². The number of fused-ring (bicyclic) bond motifs is 1. The summed E-state index contributed by atoms with van der Waals surface area (Å²) in [5.74, 6) is 0.199. The molecule has 24 heavy (non-hydrogen) atoms. The molecule has 3 rings (SSSR count). The maximum atomic E-state index is 10.5.